The summed E-state index contributed by atoms with van der Waals surface area (Å²) in [5.74, 6) is 1.31. The molecule has 0 saturated heterocycles. The maximum atomic E-state index is 5.73. The predicted octanol–water partition coefficient (Wildman–Crippen LogP) is 2.29. The lowest BCUT2D eigenvalue weighted by molar-refractivity contribution is 1.05. The normalized spacial score (nSPS) is 10.2. The molecule has 0 radical (unpaired) electrons. The first-order chi connectivity index (χ1) is 8.18. The Labute approximate surface area is 101 Å². The van der Waals surface area contributed by atoms with Gasteiger partial charge in [0.15, 0.2) is 0 Å². The third kappa shape index (κ3) is 2.53. The standard InChI is InChI=1S/C13H16N4/c1-9-5-3-4-6-11(9)7-15-13-10(2)12(14)16-8-17-13/h3-6,8H,7H2,1-2H3,(H3,14,15,16,17). The van der Waals surface area contributed by atoms with E-state index in [-0.39, 0.29) is 0 Å². The van der Waals surface area contributed by atoms with E-state index in [4.69, 9.17) is 5.73 Å². The second-order valence-corrected chi connectivity index (χ2v) is 4.01. The molecule has 3 N–H and O–H groups in total. The third-order valence-corrected chi connectivity index (χ3v) is 2.83. The van der Waals surface area contributed by atoms with Gasteiger partial charge in [-0.05, 0) is 25.0 Å². The number of rotatable bonds is 3. The zero-order valence-corrected chi connectivity index (χ0v) is 10.1. The van der Waals surface area contributed by atoms with Crippen molar-refractivity contribution in [1.29, 1.82) is 0 Å². The monoisotopic (exact) mass is 228 g/mol. The summed E-state index contributed by atoms with van der Waals surface area (Å²) in [5.41, 5.74) is 9.14. The van der Waals surface area contributed by atoms with E-state index in [0.717, 1.165) is 17.9 Å². The number of hydrogen-bond donors (Lipinski definition) is 2. The van der Waals surface area contributed by atoms with Gasteiger partial charge >= 0.3 is 0 Å². The Bertz CT molecular complexity index is 523. The van der Waals surface area contributed by atoms with E-state index in [1.807, 2.05) is 19.1 Å². The highest BCUT2D eigenvalue weighted by molar-refractivity contribution is 5.54. The molecule has 17 heavy (non-hydrogen) atoms. The first-order valence-corrected chi connectivity index (χ1v) is 5.54. The van der Waals surface area contributed by atoms with E-state index in [0.29, 0.717) is 5.82 Å². The summed E-state index contributed by atoms with van der Waals surface area (Å²) in [7, 11) is 0. The number of nitrogens with one attached hydrogen (secondary N) is 1. The van der Waals surface area contributed by atoms with E-state index < -0.39 is 0 Å². The minimum Gasteiger partial charge on any atom is -0.383 e. The van der Waals surface area contributed by atoms with Crippen LogP contribution in [0.5, 0.6) is 0 Å². The summed E-state index contributed by atoms with van der Waals surface area (Å²) in [6, 6.07) is 8.26. The zero-order valence-electron chi connectivity index (χ0n) is 10.1. The second kappa shape index (κ2) is 4.82. The average Bonchev–Trinajstić information content (AvgIpc) is 2.33. The zero-order chi connectivity index (χ0) is 12.3. The number of aryl methyl sites for hydroxylation is 1. The van der Waals surface area contributed by atoms with Crippen molar-refractivity contribution in [2.45, 2.75) is 20.4 Å². The van der Waals surface area contributed by atoms with Crippen molar-refractivity contribution in [2.75, 3.05) is 11.1 Å². The molecule has 0 atom stereocenters. The molecule has 0 fully saturated rings. The first kappa shape index (κ1) is 11.4. The molecule has 1 heterocycles. The highest BCUT2D eigenvalue weighted by Gasteiger charge is 2.04. The molecule has 4 heteroatoms. The minimum atomic E-state index is 0.521. The molecular formula is C13H16N4. The van der Waals surface area contributed by atoms with Crippen LogP contribution in [0.1, 0.15) is 16.7 Å². The number of aromatic nitrogens is 2. The Morgan fingerprint density at radius 1 is 1.18 bits per heavy atom. The number of nitrogens with zero attached hydrogens (tertiary/aromatic N) is 2. The third-order valence-electron chi connectivity index (χ3n) is 2.83. The van der Waals surface area contributed by atoms with Crippen LogP contribution in [0.4, 0.5) is 11.6 Å². The lowest BCUT2D eigenvalue weighted by Crippen LogP contribution is -2.06. The lowest BCUT2D eigenvalue weighted by Gasteiger charge is -2.10. The van der Waals surface area contributed by atoms with Crippen LogP contribution in [-0.4, -0.2) is 9.97 Å². The van der Waals surface area contributed by atoms with Crippen LogP contribution in [0.2, 0.25) is 0 Å². The van der Waals surface area contributed by atoms with Gasteiger partial charge in [-0.1, -0.05) is 24.3 Å². The van der Waals surface area contributed by atoms with Gasteiger partial charge in [0, 0.05) is 12.1 Å². The lowest BCUT2D eigenvalue weighted by atomic mass is 10.1. The summed E-state index contributed by atoms with van der Waals surface area (Å²) in [4.78, 5) is 8.12. The van der Waals surface area contributed by atoms with E-state index in [9.17, 15) is 0 Å². The first-order valence-electron chi connectivity index (χ1n) is 5.54. The molecular weight excluding hydrogens is 212 g/mol. The van der Waals surface area contributed by atoms with Gasteiger partial charge in [0.2, 0.25) is 0 Å². The quantitative estimate of drug-likeness (QED) is 0.846. The Morgan fingerprint density at radius 3 is 2.71 bits per heavy atom. The maximum absolute atomic E-state index is 5.73. The molecule has 0 amide bonds. The van der Waals surface area contributed by atoms with Crippen molar-refractivity contribution < 1.29 is 0 Å². The van der Waals surface area contributed by atoms with Crippen LogP contribution in [0.25, 0.3) is 0 Å². The largest absolute Gasteiger partial charge is 0.383 e. The SMILES string of the molecule is Cc1ccccc1CNc1ncnc(N)c1C. The van der Waals surface area contributed by atoms with Crippen molar-refractivity contribution in [3.05, 3.63) is 47.3 Å². The molecule has 4 nitrogen and oxygen atoms in total. The Morgan fingerprint density at radius 2 is 1.94 bits per heavy atom. The minimum absolute atomic E-state index is 0.521. The second-order valence-electron chi connectivity index (χ2n) is 4.01. The van der Waals surface area contributed by atoms with Crippen LogP contribution >= 0.6 is 0 Å². The number of hydrogen-bond acceptors (Lipinski definition) is 4. The fourth-order valence-corrected chi connectivity index (χ4v) is 1.63. The van der Waals surface area contributed by atoms with Crippen molar-refractivity contribution in [3.63, 3.8) is 0 Å². The van der Waals surface area contributed by atoms with Crippen molar-refractivity contribution in [2.24, 2.45) is 0 Å². The van der Waals surface area contributed by atoms with Crippen LogP contribution in [0, 0.1) is 13.8 Å². The van der Waals surface area contributed by atoms with Gasteiger partial charge in [0.05, 0.1) is 0 Å². The van der Waals surface area contributed by atoms with Gasteiger partial charge < -0.3 is 11.1 Å². The molecule has 0 bridgehead atoms. The number of benzene rings is 1. The molecule has 0 aliphatic carbocycles. The Kier molecular flexibility index (Phi) is 3.23. The Hall–Kier alpha value is -2.10. The van der Waals surface area contributed by atoms with Crippen LogP contribution in [0.15, 0.2) is 30.6 Å². The Balaban J connectivity index is 2.13. The maximum Gasteiger partial charge on any atom is 0.134 e. The number of nitrogens with two attached hydrogens (primary N) is 1. The summed E-state index contributed by atoms with van der Waals surface area (Å²) >= 11 is 0. The van der Waals surface area contributed by atoms with Gasteiger partial charge in [0.25, 0.3) is 0 Å². The topological polar surface area (TPSA) is 63.8 Å². The smallest absolute Gasteiger partial charge is 0.134 e. The van der Waals surface area contributed by atoms with Crippen LogP contribution in [-0.2, 0) is 6.54 Å². The van der Waals surface area contributed by atoms with Gasteiger partial charge in [-0.25, -0.2) is 9.97 Å². The highest BCUT2D eigenvalue weighted by Crippen LogP contribution is 2.16. The van der Waals surface area contributed by atoms with Crippen molar-refractivity contribution >= 4 is 11.6 Å². The number of nitrogen functional groups attached to an aromatic ring is 1. The van der Waals surface area contributed by atoms with E-state index in [1.54, 1.807) is 0 Å². The number of anilines is 2. The molecule has 0 aliphatic heterocycles. The fraction of sp³-hybridized carbons (Fsp3) is 0.231. The summed E-state index contributed by atoms with van der Waals surface area (Å²) < 4.78 is 0. The molecule has 2 aromatic rings. The van der Waals surface area contributed by atoms with Gasteiger partial charge in [-0.2, -0.15) is 0 Å². The fourth-order valence-electron chi connectivity index (χ4n) is 1.63. The molecule has 0 spiro atoms. The van der Waals surface area contributed by atoms with Gasteiger partial charge in [-0.15, -0.1) is 0 Å². The van der Waals surface area contributed by atoms with Gasteiger partial charge in [-0.3, -0.25) is 0 Å². The molecule has 88 valence electrons. The van der Waals surface area contributed by atoms with Gasteiger partial charge in [0.1, 0.15) is 18.0 Å². The molecule has 0 aliphatic rings. The van der Waals surface area contributed by atoms with Crippen LogP contribution < -0.4 is 11.1 Å². The molecule has 0 saturated carbocycles. The summed E-state index contributed by atoms with van der Waals surface area (Å²) in [6.45, 7) is 4.75. The summed E-state index contributed by atoms with van der Waals surface area (Å²) in [5, 5.41) is 3.28. The molecule has 1 aromatic carbocycles. The average molecular weight is 228 g/mol. The van der Waals surface area contributed by atoms with E-state index in [1.165, 1.54) is 17.5 Å². The van der Waals surface area contributed by atoms with Crippen molar-refractivity contribution in [3.8, 4) is 0 Å². The van der Waals surface area contributed by atoms with Crippen LogP contribution in [0.3, 0.4) is 0 Å². The highest BCUT2D eigenvalue weighted by atomic mass is 15.0. The summed E-state index contributed by atoms with van der Waals surface area (Å²) in [6.07, 6.45) is 1.47. The molecule has 1 aromatic heterocycles. The predicted molar refractivity (Wildman–Crippen MR) is 69.7 cm³/mol. The molecule has 2 rings (SSSR count). The molecule has 0 unspecified atom stereocenters. The van der Waals surface area contributed by atoms with Crippen molar-refractivity contribution in [1.82, 2.24) is 9.97 Å². The van der Waals surface area contributed by atoms with E-state index in [2.05, 4.69) is 34.3 Å². The van der Waals surface area contributed by atoms with E-state index >= 15 is 0 Å².